The Bertz CT molecular complexity index is 338. The lowest BCUT2D eigenvalue weighted by Crippen LogP contribution is -1.72. The van der Waals surface area contributed by atoms with E-state index in [4.69, 9.17) is 11.6 Å². The van der Waals surface area contributed by atoms with E-state index >= 15 is 0 Å². The minimum atomic E-state index is 0.622. The molecule has 0 unspecified atom stereocenters. The van der Waals surface area contributed by atoms with E-state index in [1.54, 1.807) is 7.05 Å². The zero-order valence-corrected chi connectivity index (χ0v) is 7.76. The Morgan fingerprint density at radius 2 is 2.17 bits per heavy atom. The molecule has 0 spiro atoms. The van der Waals surface area contributed by atoms with Crippen LogP contribution in [0.15, 0.2) is 28.2 Å². The third-order valence-electron chi connectivity index (χ3n) is 1.37. The topological polar surface area (TPSA) is 24.7 Å². The van der Waals surface area contributed by atoms with E-state index in [-0.39, 0.29) is 0 Å². The molecule has 0 fully saturated rings. The Kier molecular flexibility index (Phi) is 3.03. The van der Waals surface area contributed by atoms with Gasteiger partial charge in [-0.3, -0.25) is 0 Å². The van der Waals surface area contributed by atoms with Crippen LogP contribution in [0.1, 0.15) is 5.56 Å². The van der Waals surface area contributed by atoms with Crippen molar-refractivity contribution in [2.45, 2.75) is 6.92 Å². The van der Waals surface area contributed by atoms with Gasteiger partial charge in [-0.1, -0.05) is 17.7 Å². The summed E-state index contributed by atoms with van der Waals surface area (Å²) in [5.41, 5.74) is 1.83. The molecule has 12 heavy (non-hydrogen) atoms. The second kappa shape index (κ2) is 4.05. The highest BCUT2D eigenvalue weighted by Gasteiger charge is 1.96. The Morgan fingerprint density at radius 1 is 1.42 bits per heavy atom. The number of hydrogen-bond acceptors (Lipinski definition) is 2. The first-order chi connectivity index (χ1) is 5.74. The molecule has 1 aromatic rings. The van der Waals surface area contributed by atoms with E-state index in [9.17, 15) is 0 Å². The molecule has 0 N–H and O–H groups in total. The van der Waals surface area contributed by atoms with E-state index in [1.165, 1.54) is 0 Å². The molecule has 1 aromatic carbocycles. The van der Waals surface area contributed by atoms with Crippen LogP contribution in [0.4, 0.5) is 5.69 Å². The predicted molar refractivity (Wildman–Crippen MR) is 51.6 cm³/mol. The van der Waals surface area contributed by atoms with E-state index in [2.05, 4.69) is 16.0 Å². The lowest BCUT2D eigenvalue weighted by molar-refractivity contribution is 1.41. The normalized spacial score (nSPS) is 8.92. The summed E-state index contributed by atoms with van der Waals surface area (Å²) < 4.78 is 0. The molecule has 0 aliphatic heterocycles. The second-order valence-electron chi connectivity index (χ2n) is 2.39. The highest BCUT2D eigenvalue weighted by Crippen LogP contribution is 2.24. The summed E-state index contributed by atoms with van der Waals surface area (Å²) >= 11 is 5.86. The van der Waals surface area contributed by atoms with E-state index < -0.39 is 0 Å². The van der Waals surface area contributed by atoms with Crippen LogP contribution < -0.4 is 0 Å². The van der Waals surface area contributed by atoms with Crippen molar-refractivity contribution in [1.82, 2.24) is 0 Å². The Morgan fingerprint density at radius 3 is 2.83 bits per heavy atom. The average molecular weight is 181 g/mol. The van der Waals surface area contributed by atoms with Gasteiger partial charge < -0.3 is 0 Å². The van der Waals surface area contributed by atoms with E-state index in [0.29, 0.717) is 10.7 Å². The quantitative estimate of drug-likeness (QED) is 0.594. The Balaban J connectivity index is 3.14. The van der Waals surface area contributed by atoms with Crippen molar-refractivity contribution < 1.29 is 0 Å². The van der Waals surface area contributed by atoms with Gasteiger partial charge in [-0.2, -0.15) is 4.99 Å². The fourth-order valence-corrected chi connectivity index (χ4v) is 0.972. The van der Waals surface area contributed by atoms with Crippen molar-refractivity contribution in [3.8, 4) is 0 Å². The summed E-state index contributed by atoms with van der Waals surface area (Å²) in [5.74, 6) is 0. The van der Waals surface area contributed by atoms with Crippen LogP contribution in [0.5, 0.6) is 0 Å². The number of aliphatic imine (C=N–C) groups is 2. The van der Waals surface area contributed by atoms with Gasteiger partial charge in [0.25, 0.3) is 0 Å². The summed E-state index contributed by atoms with van der Waals surface area (Å²) in [6.45, 7) is 1.98. The molecule has 0 heterocycles. The lowest BCUT2D eigenvalue weighted by Gasteiger charge is -1.96. The maximum atomic E-state index is 5.86. The van der Waals surface area contributed by atoms with Gasteiger partial charge in [0.2, 0.25) is 0 Å². The molecule has 0 aliphatic carbocycles. The van der Waals surface area contributed by atoms with Crippen LogP contribution >= 0.6 is 11.6 Å². The van der Waals surface area contributed by atoms with Gasteiger partial charge in [-0.05, 0) is 24.6 Å². The van der Waals surface area contributed by atoms with E-state index in [0.717, 1.165) is 5.56 Å². The van der Waals surface area contributed by atoms with Crippen molar-refractivity contribution in [2.24, 2.45) is 9.98 Å². The number of hydrogen-bond donors (Lipinski definition) is 0. The summed E-state index contributed by atoms with van der Waals surface area (Å²) in [5, 5.41) is 0.622. The third-order valence-corrected chi connectivity index (χ3v) is 1.69. The molecule has 0 saturated heterocycles. The van der Waals surface area contributed by atoms with Crippen LogP contribution in [0.2, 0.25) is 5.02 Å². The van der Waals surface area contributed by atoms with Crippen molar-refractivity contribution >= 4 is 23.3 Å². The molecule has 0 aromatic heterocycles. The predicted octanol–water partition coefficient (Wildman–Crippen LogP) is 3.08. The number of halogens is 1. The van der Waals surface area contributed by atoms with Gasteiger partial charge in [0.15, 0.2) is 0 Å². The lowest BCUT2D eigenvalue weighted by atomic mass is 10.2. The smallest absolute Gasteiger partial charge is 0.0946 e. The average Bonchev–Trinajstić information content (AvgIpc) is 2.07. The second-order valence-corrected chi connectivity index (χ2v) is 2.80. The highest BCUT2D eigenvalue weighted by molar-refractivity contribution is 6.33. The SMILES string of the molecule is CN=C=Nc1cc(C)ccc1Cl. The van der Waals surface area contributed by atoms with Crippen LogP contribution in [0.25, 0.3) is 0 Å². The van der Waals surface area contributed by atoms with Crippen LogP contribution in [0.3, 0.4) is 0 Å². The molecule has 0 atom stereocenters. The first kappa shape index (κ1) is 8.98. The molecule has 0 aliphatic rings. The summed E-state index contributed by atoms with van der Waals surface area (Å²) in [6, 6.07) is 8.14. The van der Waals surface area contributed by atoms with Gasteiger partial charge in [0.05, 0.1) is 16.7 Å². The van der Waals surface area contributed by atoms with Gasteiger partial charge in [0, 0.05) is 7.05 Å². The molecule has 2 nitrogen and oxygen atoms in total. The van der Waals surface area contributed by atoms with Gasteiger partial charge in [-0.15, -0.1) is 0 Å². The molecule has 3 heteroatoms. The monoisotopic (exact) mass is 180 g/mol. The van der Waals surface area contributed by atoms with Crippen LogP contribution in [0, 0.1) is 6.92 Å². The first-order valence-corrected chi connectivity index (χ1v) is 3.92. The highest BCUT2D eigenvalue weighted by atomic mass is 35.5. The standard InChI is InChI=1S/C9H9ClN2/c1-7-3-4-8(10)9(5-7)12-6-11-2/h3-5H,1-2H3. The Labute approximate surface area is 76.6 Å². The summed E-state index contributed by atoms with van der Waals surface area (Å²) in [6.07, 6.45) is 0. The number of rotatable bonds is 1. The Hall–Kier alpha value is -1.11. The van der Waals surface area contributed by atoms with E-state index in [1.807, 2.05) is 25.1 Å². The molecule has 0 radical (unpaired) electrons. The molecule has 0 saturated carbocycles. The summed E-state index contributed by atoms with van der Waals surface area (Å²) in [4.78, 5) is 7.56. The maximum Gasteiger partial charge on any atom is 0.0946 e. The third kappa shape index (κ3) is 2.19. The molecular formula is C9H9ClN2. The van der Waals surface area contributed by atoms with Gasteiger partial charge >= 0.3 is 0 Å². The van der Waals surface area contributed by atoms with Crippen LogP contribution in [-0.2, 0) is 0 Å². The maximum absolute atomic E-state index is 5.86. The van der Waals surface area contributed by atoms with Gasteiger partial charge in [0.1, 0.15) is 0 Å². The fourth-order valence-electron chi connectivity index (χ4n) is 0.812. The molecular weight excluding hydrogens is 172 g/mol. The zero-order chi connectivity index (χ0) is 8.97. The van der Waals surface area contributed by atoms with Crippen molar-refractivity contribution in [3.63, 3.8) is 0 Å². The summed E-state index contributed by atoms with van der Waals surface area (Å²) in [7, 11) is 1.62. The molecule has 62 valence electrons. The van der Waals surface area contributed by atoms with Crippen molar-refractivity contribution in [2.75, 3.05) is 7.05 Å². The molecule has 1 rings (SSSR count). The number of benzene rings is 1. The molecule has 0 amide bonds. The minimum absolute atomic E-state index is 0.622. The zero-order valence-electron chi connectivity index (χ0n) is 7.00. The van der Waals surface area contributed by atoms with Crippen molar-refractivity contribution in [1.29, 1.82) is 0 Å². The fraction of sp³-hybridized carbons (Fsp3) is 0.222. The first-order valence-electron chi connectivity index (χ1n) is 3.55. The number of aryl methyl sites for hydroxylation is 1. The number of nitrogens with zero attached hydrogens (tertiary/aromatic N) is 2. The molecule has 0 bridgehead atoms. The minimum Gasteiger partial charge on any atom is -0.229 e. The van der Waals surface area contributed by atoms with Crippen molar-refractivity contribution in [3.05, 3.63) is 28.8 Å². The van der Waals surface area contributed by atoms with Crippen LogP contribution in [-0.4, -0.2) is 13.1 Å². The largest absolute Gasteiger partial charge is 0.229 e. The van der Waals surface area contributed by atoms with Gasteiger partial charge in [-0.25, -0.2) is 4.99 Å².